The largest absolute Gasteiger partial charge is 0.295 e. The molecule has 0 aliphatic rings. The quantitative estimate of drug-likeness (QED) is 0.426. The van der Waals surface area contributed by atoms with Crippen LogP contribution in [0.5, 0.6) is 0 Å². The van der Waals surface area contributed by atoms with Crippen molar-refractivity contribution in [1.82, 2.24) is 0 Å². The molecular formula is C4H6OPd. The zero-order chi connectivity index (χ0) is 4.28. The summed E-state index contributed by atoms with van der Waals surface area (Å²) in [4.78, 5) is 9.69. The van der Waals surface area contributed by atoms with Crippen LogP contribution in [0.15, 0.2) is 12.7 Å². The minimum absolute atomic E-state index is 0. The van der Waals surface area contributed by atoms with Crippen molar-refractivity contribution in [3.63, 3.8) is 0 Å². The third kappa shape index (κ3) is 8.95. The fourth-order valence-electron chi connectivity index (χ4n) is 0. The van der Waals surface area contributed by atoms with E-state index in [1.165, 1.54) is 13.0 Å². The Labute approximate surface area is 51.1 Å². The first-order chi connectivity index (χ1) is 2.27. The van der Waals surface area contributed by atoms with Crippen molar-refractivity contribution in [2.75, 3.05) is 0 Å². The van der Waals surface area contributed by atoms with Crippen LogP contribution in [-0.4, -0.2) is 5.78 Å². The predicted molar refractivity (Wildman–Crippen MR) is 20.9 cm³/mol. The summed E-state index contributed by atoms with van der Waals surface area (Å²) < 4.78 is 0. The van der Waals surface area contributed by atoms with Crippen molar-refractivity contribution >= 4 is 5.78 Å². The van der Waals surface area contributed by atoms with Crippen LogP contribution in [0.4, 0.5) is 0 Å². The molecule has 1 nitrogen and oxygen atoms in total. The van der Waals surface area contributed by atoms with E-state index in [2.05, 4.69) is 6.58 Å². The maximum Gasteiger partial charge on any atom is 0.152 e. The van der Waals surface area contributed by atoms with Crippen LogP contribution in [0, 0.1) is 0 Å². The average molecular weight is 177 g/mol. The number of ketones is 1. The number of carbonyl (C=O) groups excluding carboxylic acids is 1. The molecule has 0 aromatic carbocycles. The maximum atomic E-state index is 9.69. The van der Waals surface area contributed by atoms with Crippen molar-refractivity contribution in [3.8, 4) is 0 Å². The van der Waals surface area contributed by atoms with E-state index in [9.17, 15) is 4.79 Å². The molecule has 0 amide bonds. The van der Waals surface area contributed by atoms with Gasteiger partial charge in [-0.1, -0.05) is 6.58 Å². The van der Waals surface area contributed by atoms with Gasteiger partial charge in [-0.25, -0.2) is 0 Å². The van der Waals surface area contributed by atoms with E-state index < -0.39 is 0 Å². The van der Waals surface area contributed by atoms with Gasteiger partial charge in [0.05, 0.1) is 0 Å². The molecule has 0 saturated heterocycles. The standard InChI is InChI=1S/C4H6O.Pd/c1-3-4(2)5;/h3H,1H2,2H3;. The van der Waals surface area contributed by atoms with Crippen LogP contribution in [-0.2, 0) is 25.2 Å². The average Bonchev–Trinajstić information content (AvgIpc) is 1.38. The third-order valence-electron chi connectivity index (χ3n) is 0.287. The minimum Gasteiger partial charge on any atom is -0.295 e. The van der Waals surface area contributed by atoms with Gasteiger partial charge in [0.25, 0.3) is 0 Å². The summed E-state index contributed by atoms with van der Waals surface area (Å²) in [6.45, 7) is 4.68. The topological polar surface area (TPSA) is 17.1 Å². The van der Waals surface area contributed by atoms with Gasteiger partial charge in [-0.05, 0) is 13.0 Å². The molecular weight excluding hydrogens is 170 g/mol. The van der Waals surface area contributed by atoms with Crippen LogP contribution >= 0.6 is 0 Å². The van der Waals surface area contributed by atoms with E-state index >= 15 is 0 Å². The van der Waals surface area contributed by atoms with Gasteiger partial charge in [-0.2, -0.15) is 0 Å². The van der Waals surface area contributed by atoms with Crippen LogP contribution in [0.2, 0.25) is 0 Å². The summed E-state index contributed by atoms with van der Waals surface area (Å²) in [5.41, 5.74) is 0. The normalized spacial score (nSPS) is 5.50. The van der Waals surface area contributed by atoms with E-state index in [4.69, 9.17) is 0 Å². The molecule has 0 heterocycles. The number of rotatable bonds is 1. The second-order valence-corrected chi connectivity index (χ2v) is 0.815. The molecule has 0 saturated carbocycles. The fourth-order valence-corrected chi connectivity index (χ4v) is 0. The van der Waals surface area contributed by atoms with Crippen molar-refractivity contribution in [1.29, 1.82) is 0 Å². The Kier molecular flexibility index (Phi) is 7.96. The Balaban J connectivity index is 0. The van der Waals surface area contributed by atoms with Gasteiger partial charge in [-0.3, -0.25) is 4.79 Å². The van der Waals surface area contributed by atoms with Crippen LogP contribution in [0.25, 0.3) is 0 Å². The predicted octanol–water partition coefficient (Wildman–Crippen LogP) is 0.759. The van der Waals surface area contributed by atoms with Gasteiger partial charge < -0.3 is 0 Å². The minimum atomic E-state index is 0. The summed E-state index contributed by atoms with van der Waals surface area (Å²) in [6, 6.07) is 0. The van der Waals surface area contributed by atoms with Gasteiger partial charge in [-0.15, -0.1) is 0 Å². The molecule has 0 radical (unpaired) electrons. The zero-order valence-corrected chi connectivity index (χ0v) is 5.06. The molecule has 6 heavy (non-hydrogen) atoms. The SMILES string of the molecule is C=CC(C)=O.[Pd]. The van der Waals surface area contributed by atoms with Gasteiger partial charge in [0, 0.05) is 20.4 Å². The Hall–Kier alpha value is 0.0723. The molecule has 0 aliphatic heterocycles. The Morgan fingerprint density at radius 2 is 2.00 bits per heavy atom. The molecule has 0 rings (SSSR count). The number of hydrogen-bond acceptors (Lipinski definition) is 1. The van der Waals surface area contributed by atoms with Gasteiger partial charge >= 0.3 is 0 Å². The van der Waals surface area contributed by atoms with Crippen molar-refractivity contribution in [3.05, 3.63) is 12.7 Å². The van der Waals surface area contributed by atoms with E-state index in [0.717, 1.165) is 0 Å². The number of allylic oxidation sites excluding steroid dienone is 1. The monoisotopic (exact) mass is 176 g/mol. The Morgan fingerprint density at radius 3 is 2.00 bits per heavy atom. The molecule has 0 fully saturated rings. The number of carbonyl (C=O) groups is 1. The Bertz CT molecular complexity index is 58.6. The van der Waals surface area contributed by atoms with Crippen molar-refractivity contribution in [2.45, 2.75) is 6.92 Å². The fraction of sp³-hybridized carbons (Fsp3) is 0.250. The first kappa shape index (κ1) is 9.42. The molecule has 0 N–H and O–H groups in total. The van der Waals surface area contributed by atoms with Crippen LogP contribution < -0.4 is 0 Å². The summed E-state index contributed by atoms with van der Waals surface area (Å²) in [6.07, 6.45) is 1.28. The van der Waals surface area contributed by atoms with E-state index in [1.54, 1.807) is 0 Å². The van der Waals surface area contributed by atoms with Crippen LogP contribution in [0.1, 0.15) is 6.92 Å². The smallest absolute Gasteiger partial charge is 0.152 e. The van der Waals surface area contributed by atoms with Gasteiger partial charge in [0.1, 0.15) is 0 Å². The van der Waals surface area contributed by atoms with Crippen molar-refractivity contribution < 1.29 is 25.2 Å². The second-order valence-electron chi connectivity index (χ2n) is 0.815. The molecule has 0 aromatic heterocycles. The summed E-state index contributed by atoms with van der Waals surface area (Å²) in [7, 11) is 0. The number of hydrogen-bond donors (Lipinski definition) is 0. The maximum absolute atomic E-state index is 9.69. The van der Waals surface area contributed by atoms with E-state index in [0.29, 0.717) is 0 Å². The van der Waals surface area contributed by atoms with Crippen LogP contribution in [0.3, 0.4) is 0 Å². The Morgan fingerprint density at radius 1 is 1.83 bits per heavy atom. The molecule has 0 atom stereocenters. The first-order valence-corrected chi connectivity index (χ1v) is 1.40. The third-order valence-corrected chi connectivity index (χ3v) is 0.287. The molecule has 0 aliphatic carbocycles. The van der Waals surface area contributed by atoms with E-state index in [-0.39, 0.29) is 26.2 Å². The molecule has 38 valence electrons. The second kappa shape index (κ2) is 5.07. The molecule has 0 bridgehead atoms. The van der Waals surface area contributed by atoms with E-state index in [1.807, 2.05) is 0 Å². The summed E-state index contributed by atoms with van der Waals surface area (Å²) >= 11 is 0. The van der Waals surface area contributed by atoms with Gasteiger partial charge in [0.2, 0.25) is 0 Å². The molecule has 2 heteroatoms. The van der Waals surface area contributed by atoms with Gasteiger partial charge in [0.15, 0.2) is 5.78 Å². The first-order valence-electron chi connectivity index (χ1n) is 1.40. The van der Waals surface area contributed by atoms with Crippen molar-refractivity contribution in [2.24, 2.45) is 0 Å². The molecule has 0 unspecified atom stereocenters. The summed E-state index contributed by atoms with van der Waals surface area (Å²) in [5.74, 6) is 0.0185. The zero-order valence-electron chi connectivity index (χ0n) is 3.51. The molecule has 0 aromatic rings. The summed E-state index contributed by atoms with van der Waals surface area (Å²) in [5, 5.41) is 0. The molecule has 0 spiro atoms.